The summed E-state index contributed by atoms with van der Waals surface area (Å²) in [6.07, 6.45) is 2.04. The van der Waals surface area contributed by atoms with Gasteiger partial charge in [-0.15, -0.1) is 0 Å². The third kappa shape index (κ3) is 5.57. The number of fused-ring (bicyclic) bond motifs is 1. The fourth-order valence-electron chi connectivity index (χ4n) is 9.92. The molecule has 0 N–H and O–H groups in total. The SMILES string of the molecule is CC1(C)c2cccc3ccc4cc(N(c5ccc(-c6ccc([Si](c7ccccc7)(c7ccccc7)c7ccccc7)cc6)nc5)c5ccc6ccccc6c5)cc1c4c23. The summed E-state index contributed by atoms with van der Waals surface area (Å²) in [6, 6.07) is 78.4. The van der Waals surface area contributed by atoms with Crippen LogP contribution in [0.4, 0.5) is 17.1 Å². The van der Waals surface area contributed by atoms with E-state index < -0.39 is 8.07 Å². The van der Waals surface area contributed by atoms with Crippen LogP contribution < -0.4 is 25.6 Å². The number of hydrogen-bond donors (Lipinski definition) is 0. The van der Waals surface area contributed by atoms with Crippen LogP contribution in [0.5, 0.6) is 0 Å². The lowest BCUT2D eigenvalue weighted by Gasteiger charge is -2.34. The van der Waals surface area contributed by atoms with Crippen LogP contribution in [0.3, 0.4) is 0 Å². The van der Waals surface area contributed by atoms with Crippen molar-refractivity contribution in [2.45, 2.75) is 19.3 Å². The zero-order valence-electron chi connectivity index (χ0n) is 33.2. The van der Waals surface area contributed by atoms with Gasteiger partial charge in [0.25, 0.3) is 0 Å². The summed E-state index contributed by atoms with van der Waals surface area (Å²) in [6.45, 7) is 4.74. The first-order valence-corrected chi connectivity index (χ1v) is 22.5. The maximum Gasteiger partial charge on any atom is 0.179 e. The normalized spacial score (nSPS) is 13.1. The van der Waals surface area contributed by atoms with Gasteiger partial charge in [-0.1, -0.05) is 190 Å². The lowest BCUT2D eigenvalue weighted by atomic mass is 9.81. The van der Waals surface area contributed by atoms with E-state index in [9.17, 15) is 0 Å². The lowest BCUT2D eigenvalue weighted by Crippen LogP contribution is -2.74. The smallest absolute Gasteiger partial charge is 0.179 e. The summed E-state index contributed by atoms with van der Waals surface area (Å²) in [4.78, 5) is 7.57. The van der Waals surface area contributed by atoms with E-state index in [-0.39, 0.29) is 5.41 Å². The highest BCUT2D eigenvalue weighted by Gasteiger charge is 2.41. The van der Waals surface area contributed by atoms with Crippen molar-refractivity contribution >= 4 is 78.2 Å². The first kappa shape index (κ1) is 35.1. The molecule has 1 aromatic heterocycles. The second-order valence-electron chi connectivity index (χ2n) is 16.4. The fourth-order valence-corrected chi connectivity index (χ4v) is 14.7. The van der Waals surface area contributed by atoms with E-state index in [1.807, 2.05) is 6.20 Å². The molecule has 0 aliphatic heterocycles. The molecule has 0 radical (unpaired) electrons. The second-order valence-corrected chi connectivity index (χ2v) is 20.2. The van der Waals surface area contributed by atoms with Crippen LogP contribution >= 0.6 is 0 Å². The summed E-state index contributed by atoms with van der Waals surface area (Å²) in [5.41, 5.74) is 7.94. The van der Waals surface area contributed by atoms with Gasteiger partial charge in [0.1, 0.15) is 0 Å². The van der Waals surface area contributed by atoms with Crippen molar-refractivity contribution in [2.24, 2.45) is 0 Å². The number of nitrogens with zero attached hydrogens (tertiary/aromatic N) is 2. The Morgan fingerprint density at radius 3 is 1.56 bits per heavy atom. The molecule has 0 bridgehead atoms. The van der Waals surface area contributed by atoms with E-state index in [1.54, 1.807) is 0 Å². The van der Waals surface area contributed by atoms with E-state index in [1.165, 1.54) is 64.2 Å². The summed E-state index contributed by atoms with van der Waals surface area (Å²) in [7, 11) is -2.62. The van der Waals surface area contributed by atoms with Gasteiger partial charge in [-0.3, -0.25) is 4.98 Å². The Hall–Kier alpha value is -7.07. The fraction of sp³-hybridized carbons (Fsp3) is 0.0536. The number of aromatic nitrogens is 1. The molecule has 9 aromatic carbocycles. The molecule has 0 saturated heterocycles. The van der Waals surface area contributed by atoms with E-state index in [2.05, 4.69) is 231 Å². The lowest BCUT2D eigenvalue weighted by molar-refractivity contribution is 0.663. The first-order valence-electron chi connectivity index (χ1n) is 20.5. The number of anilines is 3. The standard InChI is InChI=1S/C56H42N2Si/c1-56(2)51-24-14-17-41-25-26-43-36-46(37-52(56)55(43)54(41)51)58(44-30-27-39-15-12-13-16-42(39)35-44)45-31-34-53(57-38-45)40-28-32-50(33-29-40)59(47-18-6-3-7-19-47,48-20-8-4-9-21-48)49-22-10-5-11-23-49/h3-38H,1-2H3. The summed E-state index contributed by atoms with van der Waals surface area (Å²) < 4.78 is 0. The summed E-state index contributed by atoms with van der Waals surface area (Å²) in [5.74, 6) is 0. The van der Waals surface area contributed by atoms with Crippen molar-refractivity contribution in [1.29, 1.82) is 0 Å². The van der Waals surface area contributed by atoms with E-state index >= 15 is 0 Å². The molecule has 2 nitrogen and oxygen atoms in total. The van der Waals surface area contributed by atoms with E-state index in [0.29, 0.717) is 0 Å². The van der Waals surface area contributed by atoms with Gasteiger partial charge in [0.05, 0.1) is 17.6 Å². The Kier molecular flexibility index (Phi) is 8.21. The zero-order chi connectivity index (χ0) is 39.6. The third-order valence-electron chi connectivity index (χ3n) is 12.8. The van der Waals surface area contributed by atoms with Crippen molar-refractivity contribution in [3.8, 4) is 11.3 Å². The average molecular weight is 771 g/mol. The number of hydrogen-bond acceptors (Lipinski definition) is 2. The molecule has 280 valence electrons. The highest BCUT2D eigenvalue weighted by molar-refractivity contribution is 7.19. The monoisotopic (exact) mass is 770 g/mol. The van der Waals surface area contributed by atoms with Crippen LogP contribution in [0.2, 0.25) is 0 Å². The largest absolute Gasteiger partial charge is 0.309 e. The second kappa shape index (κ2) is 13.8. The predicted octanol–water partition coefficient (Wildman–Crippen LogP) is 11.7. The van der Waals surface area contributed by atoms with Crippen molar-refractivity contribution < 1.29 is 0 Å². The van der Waals surface area contributed by atoms with E-state index in [4.69, 9.17) is 4.98 Å². The Labute approximate surface area is 346 Å². The molecule has 0 unspecified atom stereocenters. The summed E-state index contributed by atoms with van der Waals surface area (Å²) in [5, 5.41) is 13.2. The van der Waals surface area contributed by atoms with Crippen LogP contribution in [-0.4, -0.2) is 13.1 Å². The molecule has 0 spiro atoms. The Morgan fingerprint density at radius 2 is 0.915 bits per heavy atom. The van der Waals surface area contributed by atoms with Crippen LogP contribution in [0, 0.1) is 0 Å². The molecule has 3 heteroatoms. The minimum absolute atomic E-state index is 0.122. The van der Waals surface area contributed by atoms with E-state index in [0.717, 1.165) is 28.3 Å². The highest BCUT2D eigenvalue weighted by Crippen LogP contribution is 2.51. The van der Waals surface area contributed by atoms with Gasteiger partial charge in [0.2, 0.25) is 0 Å². The molecule has 0 fully saturated rings. The molecule has 59 heavy (non-hydrogen) atoms. The number of benzene rings is 9. The van der Waals surface area contributed by atoms with Crippen LogP contribution in [0.25, 0.3) is 43.6 Å². The molecular formula is C56H42N2Si. The van der Waals surface area contributed by atoms with Crippen LogP contribution in [0.1, 0.15) is 25.0 Å². The molecule has 1 heterocycles. The Bertz CT molecular complexity index is 3060. The van der Waals surface area contributed by atoms with Crippen molar-refractivity contribution in [1.82, 2.24) is 4.98 Å². The van der Waals surface area contributed by atoms with Crippen molar-refractivity contribution in [3.05, 3.63) is 230 Å². The van der Waals surface area contributed by atoms with Crippen molar-refractivity contribution in [3.63, 3.8) is 0 Å². The quantitative estimate of drug-likeness (QED) is 0.0869. The highest BCUT2D eigenvalue weighted by atomic mass is 28.3. The van der Waals surface area contributed by atoms with Crippen molar-refractivity contribution in [2.75, 3.05) is 4.90 Å². The maximum atomic E-state index is 5.19. The molecule has 1 aliphatic carbocycles. The molecule has 10 aromatic rings. The van der Waals surface area contributed by atoms with Gasteiger partial charge in [-0.2, -0.15) is 0 Å². The Morgan fingerprint density at radius 1 is 0.390 bits per heavy atom. The van der Waals surface area contributed by atoms with Crippen LogP contribution in [0.15, 0.2) is 219 Å². The van der Waals surface area contributed by atoms with Gasteiger partial charge in [0, 0.05) is 22.4 Å². The summed E-state index contributed by atoms with van der Waals surface area (Å²) >= 11 is 0. The molecule has 11 rings (SSSR count). The third-order valence-corrected chi connectivity index (χ3v) is 17.6. The Balaban J connectivity index is 1.02. The van der Waals surface area contributed by atoms with Crippen LogP contribution in [-0.2, 0) is 5.41 Å². The molecule has 0 amide bonds. The number of rotatable bonds is 8. The average Bonchev–Trinajstić information content (AvgIpc) is 3.54. The van der Waals surface area contributed by atoms with Gasteiger partial charge < -0.3 is 4.90 Å². The minimum atomic E-state index is -2.62. The topological polar surface area (TPSA) is 16.1 Å². The number of pyridine rings is 1. The predicted molar refractivity (Wildman–Crippen MR) is 253 cm³/mol. The first-order chi connectivity index (χ1) is 29.0. The van der Waals surface area contributed by atoms with Gasteiger partial charge in [0.15, 0.2) is 8.07 Å². The van der Waals surface area contributed by atoms with Gasteiger partial charge in [-0.05, 0) is 101 Å². The minimum Gasteiger partial charge on any atom is -0.309 e. The molecule has 0 atom stereocenters. The molecule has 0 saturated carbocycles. The van der Waals surface area contributed by atoms with Gasteiger partial charge in [-0.25, -0.2) is 0 Å². The van der Waals surface area contributed by atoms with Gasteiger partial charge >= 0.3 is 0 Å². The molecule has 1 aliphatic rings. The molecular weight excluding hydrogens is 729 g/mol. The zero-order valence-corrected chi connectivity index (χ0v) is 34.2. The maximum absolute atomic E-state index is 5.19.